The lowest BCUT2D eigenvalue weighted by Crippen LogP contribution is -2.59. The Kier molecular flexibility index (Phi) is 4.77. The second-order valence-corrected chi connectivity index (χ2v) is 5.66. The molecule has 0 aliphatic carbocycles. The van der Waals surface area contributed by atoms with E-state index in [1.807, 2.05) is 0 Å². The Morgan fingerprint density at radius 1 is 1.44 bits per heavy atom. The van der Waals surface area contributed by atoms with Gasteiger partial charge in [0.05, 0.1) is 11.6 Å². The van der Waals surface area contributed by atoms with Gasteiger partial charge in [-0.3, -0.25) is 4.90 Å². The predicted octanol–water partition coefficient (Wildman–Crippen LogP) is 1.86. The third kappa shape index (κ3) is 2.58. The molecular weight excluding hydrogens is 200 g/mol. The maximum absolute atomic E-state index is 6.01. The van der Waals surface area contributed by atoms with Crippen LogP contribution in [0.4, 0.5) is 0 Å². The molecule has 1 rings (SSSR count). The molecule has 0 aromatic heterocycles. The number of likely N-dealkylation sites (N-methyl/N-ethyl adjacent to an activating group) is 1. The van der Waals surface area contributed by atoms with E-state index in [1.54, 1.807) is 0 Å². The molecule has 0 saturated carbocycles. The Morgan fingerprint density at radius 2 is 2.06 bits per heavy atom. The van der Waals surface area contributed by atoms with Crippen LogP contribution in [0.2, 0.25) is 0 Å². The first-order valence-corrected chi connectivity index (χ1v) is 6.48. The molecule has 1 saturated heterocycles. The SMILES string of the molecule is CC(C)CC(C)N(C)C1(CN)CCOC1C. The van der Waals surface area contributed by atoms with E-state index in [0.717, 1.165) is 18.9 Å². The summed E-state index contributed by atoms with van der Waals surface area (Å²) in [5.74, 6) is 0.727. The molecule has 0 spiro atoms. The molecular formula is C13H28N2O. The molecule has 3 nitrogen and oxygen atoms in total. The summed E-state index contributed by atoms with van der Waals surface area (Å²) in [6.45, 7) is 10.5. The summed E-state index contributed by atoms with van der Waals surface area (Å²) in [6.07, 6.45) is 2.52. The minimum absolute atomic E-state index is 0.0499. The first-order chi connectivity index (χ1) is 7.44. The molecule has 1 aliphatic heterocycles. The van der Waals surface area contributed by atoms with Gasteiger partial charge in [-0.25, -0.2) is 0 Å². The van der Waals surface area contributed by atoms with Crippen LogP contribution >= 0.6 is 0 Å². The maximum atomic E-state index is 6.01. The lowest BCUT2D eigenvalue weighted by Gasteiger charge is -2.44. The fourth-order valence-electron chi connectivity index (χ4n) is 2.93. The molecule has 3 atom stereocenters. The van der Waals surface area contributed by atoms with Gasteiger partial charge in [-0.1, -0.05) is 13.8 Å². The van der Waals surface area contributed by atoms with Crippen molar-refractivity contribution in [3.05, 3.63) is 0 Å². The third-order valence-corrected chi connectivity index (χ3v) is 4.19. The molecule has 2 N–H and O–H groups in total. The quantitative estimate of drug-likeness (QED) is 0.780. The molecule has 0 bridgehead atoms. The van der Waals surface area contributed by atoms with Crippen LogP contribution in [0, 0.1) is 5.92 Å². The van der Waals surface area contributed by atoms with Crippen molar-refractivity contribution in [2.24, 2.45) is 11.7 Å². The van der Waals surface area contributed by atoms with Crippen molar-refractivity contribution in [2.45, 2.75) is 58.2 Å². The Morgan fingerprint density at radius 3 is 2.44 bits per heavy atom. The van der Waals surface area contributed by atoms with Crippen molar-refractivity contribution in [3.63, 3.8) is 0 Å². The fraction of sp³-hybridized carbons (Fsp3) is 1.00. The van der Waals surface area contributed by atoms with Crippen LogP contribution in [0.5, 0.6) is 0 Å². The van der Waals surface area contributed by atoms with Crippen LogP contribution in [0.15, 0.2) is 0 Å². The summed E-state index contributed by atoms with van der Waals surface area (Å²) in [6, 6.07) is 0.563. The summed E-state index contributed by atoms with van der Waals surface area (Å²) < 4.78 is 5.71. The molecule has 0 aromatic carbocycles. The standard InChI is InChI=1S/C13H28N2O/c1-10(2)8-11(3)15(5)13(9-14)6-7-16-12(13)4/h10-12H,6-9,14H2,1-5H3. The number of nitrogens with zero attached hydrogens (tertiary/aromatic N) is 1. The van der Waals surface area contributed by atoms with Crippen LogP contribution < -0.4 is 5.73 Å². The largest absolute Gasteiger partial charge is 0.376 e. The van der Waals surface area contributed by atoms with E-state index in [0.29, 0.717) is 12.6 Å². The summed E-state index contributed by atoms with van der Waals surface area (Å²) in [5.41, 5.74) is 6.06. The smallest absolute Gasteiger partial charge is 0.0743 e. The second-order valence-electron chi connectivity index (χ2n) is 5.66. The highest BCUT2D eigenvalue weighted by Crippen LogP contribution is 2.32. The first kappa shape index (κ1) is 13.9. The van der Waals surface area contributed by atoms with E-state index in [2.05, 4.69) is 39.6 Å². The molecule has 1 fully saturated rings. The topological polar surface area (TPSA) is 38.5 Å². The van der Waals surface area contributed by atoms with Crippen molar-refractivity contribution < 1.29 is 4.74 Å². The summed E-state index contributed by atoms with van der Waals surface area (Å²) in [7, 11) is 2.20. The van der Waals surface area contributed by atoms with Gasteiger partial charge in [-0.15, -0.1) is 0 Å². The van der Waals surface area contributed by atoms with Crippen molar-refractivity contribution in [2.75, 3.05) is 20.2 Å². The average Bonchev–Trinajstić information content (AvgIpc) is 2.58. The van der Waals surface area contributed by atoms with E-state index in [4.69, 9.17) is 10.5 Å². The Bertz CT molecular complexity index is 220. The third-order valence-electron chi connectivity index (χ3n) is 4.19. The second kappa shape index (κ2) is 5.48. The van der Waals surface area contributed by atoms with Gasteiger partial charge in [0.15, 0.2) is 0 Å². The minimum atomic E-state index is 0.0499. The van der Waals surface area contributed by atoms with Crippen molar-refractivity contribution in [1.29, 1.82) is 0 Å². The van der Waals surface area contributed by atoms with Gasteiger partial charge in [0.2, 0.25) is 0 Å². The molecule has 3 unspecified atom stereocenters. The summed E-state index contributed by atoms with van der Waals surface area (Å²) >= 11 is 0. The fourth-order valence-corrected chi connectivity index (χ4v) is 2.93. The summed E-state index contributed by atoms with van der Waals surface area (Å²) in [4.78, 5) is 2.45. The van der Waals surface area contributed by atoms with Gasteiger partial charge in [-0.05, 0) is 39.7 Å². The maximum Gasteiger partial charge on any atom is 0.0743 e. The van der Waals surface area contributed by atoms with E-state index < -0.39 is 0 Å². The Labute approximate surface area is 100 Å². The number of ether oxygens (including phenoxy) is 1. The van der Waals surface area contributed by atoms with E-state index in [-0.39, 0.29) is 11.6 Å². The summed E-state index contributed by atoms with van der Waals surface area (Å²) in [5, 5.41) is 0. The molecule has 0 aromatic rings. The van der Waals surface area contributed by atoms with Crippen LogP contribution in [-0.4, -0.2) is 42.8 Å². The molecule has 0 radical (unpaired) electrons. The molecule has 0 amide bonds. The van der Waals surface area contributed by atoms with Crippen LogP contribution in [0.1, 0.15) is 40.5 Å². The molecule has 96 valence electrons. The monoisotopic (exact) mass is 228 g/mol. The van der Waals surface area contributed by atoms with Gasteiger partial charge >= 0.3 is 0 Å². The highest BCUT2D eigenvalue weighted by atomic mass is 16.5. The number of rotatable bonds is 5. The molecule has 1 heterocycles. The van der Waals surface area contributed by atoms with Crippen molar-refractivity contribution in [1.82, 2.24) is 4.90 Å². The van der Waals surface area contributed by atoms with Gasteiger partial charge in [0, 0.05) is 19.2 Å². The average molecular weight is 228 g/mol. The lowest BCUT2D eigenvalue weighted by atomic mass is 9.88. The highest BCUT2D eigenvalue weighted by Gasteiger charge is 2.45. The number of nitrogens with two attached hydrogens (primary N) is 1. The van der Waals surface area contributed by atoms with Crippen molar-refractivity contribution >= 4 is 0 Å². The highest BCUT2D eigenvalue weighted by molar-refractivity contribution is 5.00. The predicted molar refractivity (Wildman–Crippen MR) is 68.5 cm³/mol. The zero-order chi connectivity index (χ0) is 12.3. The number of hydrogen-bond donors (Lipinski definition) is 1. The first-order valence-electron chi connectivity index (χ1n) is 6.48. The van der Waals surface area contributed by atoms with Gasteiger partial charge in [0.1, 0.15) is 0 Å². The lowest BCUT2D eigenvalue weighted by molar-refractivity contribution is 0.00574. The minimum Gasteiger partial charge on any atom is -0.376 e. The van der Waals surface area contributed by atoms with E-state index >= 15 is 0 Å². The van der Waals surface area contributed by atoms with Crippen LogP contribution in [0.25, 0.3) is 0 Å². The molecule has 3 heteroatoms. The van der Waals surface area contributed by atoms with E-state index in [9.17, 15) is 0 Å². The normalized spacial score (nSPS) is 32.6. The number of hydrogen-bond acceptors (Lipinski definition) is 3. The van der Waals surface area contributed by atoms with Crippen molar-refractivity contribution in [3.8, 4) is 0 Å². The van der Waals surface area contributed by atoms with Gasteiger partial charge in [0.25, 0.3) is 0 Å². The van der Waals surface area contributed by atoms with E-state index in [1.165, 1.54) is 6.42 Å². The molecule has 1 aliphatic rings. The van der Waals surface area contributed by atoms with Crippen LogP contribution in [-0.2, 0) is 4.74 Å². The molecule has 16 heavy (non-hydrogen) atoms. The van der Waals surface area contributed by atoms with Gasteiger partial charge < -0.3 is 10.5 Å². The Balaban J connectivity index is 2.72. The Hall–Kier alpha value is -0.120. The van der Waals surface area contributed by atoms with Crippen LogP contribution in [0.3, 0.4) is 0 Å². The zero-order valence-corrected chi connectivity index (χ0v) is 11.5. The zero-order valence-electron chi connectivity index (χ0n) is 11.5. The van der Waals surface area contributed by atoms with Gasteiger partial charge in [-0.2, -0.15) is 0 Å².